The summed E-state index contributed by atoms with van der Waals surface area (Å²) in [4.78, 5) is 44.9. The van der Waals surface area contributed by atoms with Crippen LogP contribution in [0.2, 0.25) is 0 Å². The molecule has 0 saturated carbocycles. The van der Waals surface area contributed by atoms with Gasteiger partial charge in [0.2, 0.25) is 11.8 Å². The first-order chi connectivity index (χ1) is 59.3. The number of carbonyl (C=O) groups is 3. The number of carboxylic acid groups (broad SMARTS) is 3. The number of nitrogens with zero attached hydrogens (tertiary/aromatic N) is 4. The molecule has 123 heavy (non-hydrogen) atoms. The van der Waals surface area contributed by atoms with E-state index >= 15 is 0 Å². The van der Waals surface area contributed by atoms with Crippen molar-refractivity contribution in [2.75, 3.05) is 19.6 Å². The molecule has 12 rings (SSSR count). The van der Waals surface area contributed by atoms with Crippen molar-refractivity contribution in [1.29, 1.82) is 0 Å². The minimum Gasteiger partial charge on any atom is -0.489 e. The molecule has 1 heterocycles. The van der Waals surface area contributed by atoms with Gasteiger partial charge in [0.05, 0.1) is 0 Å². The minimum absolute atomic E-state index is 0.197. The van der Waals surface area contributed by atoms with Gasteiger partial charge in [-0.2, -0.15) is 9.37 Å². The third kappa shape index (κ3) is 31.1. The molecule has 0 radical (unpaired) electrons. The average Bonchev–Trinajstić information content (AvgIpc) is 0.851. The SMILES string of the molecule is Cc1cccc(COc2ccccc2CN(CC[C@H](N)C(=O)O)Cc2c(C)cccc2OCc2cccc(C)c2)c1.Cc1cccc(COc2ccccc2CN(CC[C@H](N)C(=O)O)Cc2cc(C)ccc2OCc2cccc(C)c2)c1.Cc1cccc(COc2ccccc2CN(CC[C@H](N)C(=O)O)Cc2ccc(F)nc2OCc2cccc(C)c2)c1. The van der Waals surface area contributed by atoms with E-state index in [1.54, 1.807) is 6.07 Å². The van der Waals surface area contributed by atoms with E-state index in [1.807, 2.05) is 170 Å². The summed E-state index contributed by atoms with van der Waals surface area (Å²) in [5.41, 5.74) is 39.2. The Morgan fingerprint density at radius 3 is 0.943 bits per heavy atom. The number of aliphatic carboxylic acids is 3. The molecule has 0 aliphatic heterocycles. The number of pyridine rings is 1. The number of rotatable bonds is 42. The fraction of sp³-hybridized carbons (Fsp3) is 0.282. The Balaban J connectivity index is 0.000000193. The van der Waals surface area contributed by atoms with Gasteiger partial charge in [-0.25, -0.2) is 0 Å². The normalized spacial score (nSPS) is 11.8. The van der Waals surface area contributed by atoms with Crippen LogP contribution in [0.1, 0.15) is 131 Å². The highest BCUT2D eigenvalue weighted by molar-refractivity contribution is 5.74. The van der Waals surface area contributed by atoms with Crippen LogP contribution >= 0.6 is 0 Å². The Morgan fingerprint density at radius 2 is 0.593 bits per heavy atom. The Bertz CT molecular complexity index is 5370. The van der Waals surface area contributed by atoms with Crippen LogP contribution in [0.15, 0.2) is 267 Å². The molecule has 0 unspecified atom stereocenters. The minimum atomic E-state index is -1.06. The Kier molecular flexibility index (Phi) is 35.9. The zero-order valence-corrected chi connectivity index (χ0v) is 71.8. The Morgan fingerprint density at radius 1 is 0.309 bits per heavy atom. The van der Waals surface area contributed by atoms with Gasteiger partial charge in [0.1, 0.15) is 86.5 Å². The third-order valence-corrected chi connectivity index (χ3v) is 20.8. The maximum Gasteiger partial charge on any atom is 0.320 e. The lowest BCUT2D eigenvalue weighted by atomic mass is 10.1. The first-order valence-electron chi connectivity index (χ1n) is 41.6. The number of aromatic nitrogens is 1. The van der Waals surface area contributed by atoms with Gasteiger partial charge < -0.3 is 60.9 Å². The molecule has 19 nitrogen and oxygen atoms in total. The fourth-order valence-corrected chi connectivity index (χ4v) is 14.2. The number of benzene rings is 11. The summed E-state index contributed by atoms with van der Waals surface area (Å²) < 4.78 is 51.5. The second-order valence-electron chi connectivity index (χ2n) is 31.6. The number of para-hydroxylation sites is 3. The third-order valence-electron chi connectivity index (χ3n) is 20.8. The van der Waals surface area contributed by atoms with Crippen LogP contribution in [0.4, 0.5) is 4.39 Å². The van der Waals surface area contributed by atoms with Crippen molar-refractivity contribution in [2.24, 2.45) is 17.2 Å². The van der Waals surface area contributed by atoms with E-state index in [0.717, 1.165) is 112 Å². The molecule has 12 aromatic rings. The smallest absolute Gasteiger partial charge is 0.320 e. The van der Waals surface area contributed by atoms with Gasteiger partial charge in [-0.1, -0.05) is 263 Å². The van der Waals surface area contributed by atoms with Crippen LogP contribution in [0.25, 0.3) is 0 Å². The second kappa shape index (κ2) is 47.6. The summed E-state index contributed by atoms with van der Waals surface area (Å²) in [6.45, 7) is 23.5. The molecule has 0 aliphatic carbocycles. The van der Waals surface area contributed by atoms with E-state index in [9.17, 15) is 34.1 Å². The molecule has 0 aliphatic rings. The highest BCUT2D eigenvalue weighted by Gasteiger charge is 2.24. The summed E-state index contributed by atoms with van der Waals surface area (Å²) in [5.74, 6) is 0.493. The molecule has 20 heteroatoms. The number of aryl methyl sites for hydroxylation is 8. The molecule has 0 spiro atoms. The highest BCUT2D eigenvalue weighted by Crippen LogP contribution is 2.32. The van der Waals surface area contributed by atoms with Crippen LogP contribution in [-0.2, 0) is 93.3 Å². The van der Waals surface area contributed by atoms with Crippen LogP contribution in [-0.4, -0.2) is 90.7 Å². The van der Waals surface area contributed by atoms with E-state index in [-0.39, 0.29) is 18.9 Å². The van der Waals surface area contributed by atoms with Crippen LogP contribution in [0, 0.1) is 61.3 Å². The zero-order valence-electron chi connectivity index (χ0n) is 71.8. The quantitative estimate of drug-likeness (QED) is 0.0194. The van der Waals surface area contributed by atoms with Crippen molar-refractivity contribution in [3.8, 4) is 34.6 Å². The first-order valence-corrected chi connectivity index (χ1v) is 41.6. The maximum absolute atomic E-state index is 14.2. The highest BCUT2D eigenvalue weighted by atomic mass is 19.1. The lowest BCUT2D eigenvalue weighted by Gasteiger charge is -2.26. The summed E-state index contributed by atoms with van der Waals surface area (Å²) >= 11 is 0. The summed E-state index contributed by atoms with van der Waals surface area (Å²) in [5, 5.41) is 28.2. The van der Waals surface area contributed by atoms with Crippen LogP contribution in [0.5, 0.6) is 34.6 Å². The van der Waals surface area contributed by atoms with E-state index in [1.165, 1.54) is 28.3 Å². The molecular weight excluding hydrogens is 1550 g/mol. The lowest BCUT2D eigenvalue weighted by molar-refractivity contribution is -0.139. The number of hydrogen-bond donors (Lipinski definition) is 6. The molecular formula is C103H116FN7O12. The van der Waals surface area contributed by atoms with E-state index < -0.39 is 42.0 Å². The van der Waals surface area contributed by atoms with Crippen LogP contribution in [0.3, 0.4) is 0 Å². The maximum atomic E-state index is 14.2. The fourth-order valence-electron chi connectivity index (χ4n) is 14.2. The van der Waals surface area contributed by atoms with Crippen molar-refractivity contribution in [2.45, 2.75) is 172 Å². The van der Waals surface area contributed by atoms with Crippen molar-refractivity contribution >= 4 is 17.9 Å². The van der Waals surface area contributed by atoms with Crippen molar-refractivity contribution in [1.82, 2.24) is 19.7 Å². The standard InChI is InChI=1S/2C35H40N2O4.C33H36FN3O4/c1-25-9-6-12-28(19-25)23-40-33-15-5-4-14-30(33)21-37(18-17-32(36)35(38)39)22-31-27(3)11-8-16-34(31)41-24-29-13-7-10-26(2)20-29;1-25-8-6-10-28(18-25)23-40-33-13-5-4-12-30(33)21-37(17-16-32(36)35(38)39)22-31-20-27(3)14-15-34(31)41-24-29-11-7-9-26(2)19-29;1-23-7-5-9-25(17-23)21-40-30-12-4-3-11-27(30)19-37(16-15-29(35)33(38)39)20-28-13-14-31(34)36-32(28)41-22-26-10-6-8-24(2)18-26/h4-16,19-20,32H,17-18,21-24,36H2,1-3H3,(H,38,39);4-15,18-20,32H,16-17,21-24,36H2,1-3H3,(H,38,39);3-14,17-18,29H,15-16,19-22,35H2,1-2H3,(H,38,39)/t2*32-;29-/m000/s1. The second-order valence-corrected chi connectivity index (χ2v) is 31.6. The van der Waals surface area contributed by atoms with Gasteiger partial charge in [-0.15, -0.1) is 0 Å². The Hall–Kier alpha value is -12.5. The van der Waals surface area contributed by atoms with Gasteiger partial charge in [-0.3, -0.25) is 29.1 Å². The lowest BCUT2D eigenvalue weighted by Crippen LogP contribution is -2.35. The average molecular weight is 1660 g/mol. The predicted molar refractivity (Wildman–Crippen MR) is 482 cm³/mol. The van der Waals surface area contributed by atoms with Gasteiger partial charge in [0, 0.05) is 92.3 Å². The van der Waals surface area contributed by atoms with Gasteiger partial charge in [-0.05, 0) is 156 Å². The molecule has 1 aromatic heterocycles. The van der Waals surface area contributed by atoms with Gasteiger partial charge in [0.25, 0.3) is 0 Å². The number of halogens is 1. The molecule has 0 fully saturated rings. The zero-order chi connectivity index (χ0) is 87.6. The van der Waals surface area contributed by atoms with E-state index in [4.69, 9.17) is 45.6 Å². The molecule has 11 aromatic carbocycles. The first kappa shape index (κ1) is 92.8. The monoisotopic (exact) mass is 1660 g/mol. The summed E-state index contributed by atoms with van der Waals surface area (Å²) in [6.07, 6.45) is 0.885. The summed E-state index contributed by atoms with van der Waals surface area (Å²) in [6, 6.07) is 85.4. The number of nitrogens with two attached hydrogens (primary N) is 3. The molecule has 3 atom stereocenters. The topological polar surface area (TPSA) is 268 Å². The molecule has 0 amide bonds. The van der Waals surface area contributed by atoms with Crippen molar-refractivity contribution in [3.63, 3.8) is 0 Å². The number of hydrogen-bond acceptors (Lipinski definition) is 16. The molecule has 642 valence electrons. The molecule has 9 N–H and O–H groups in total. The van der Waals surface area contributed by atoms with Gasteiger partial charge in [0.15, 0.2) is 0 Å². The van der Waals surface area contributed by atoms with E-state index in [2.05, 4.69) is 159 Å². The summed E-state index contributed by atoms with van der Waals surface area (Å²) in [7, 11) is 0. The van der Waals surface area contributed by atoms with Crippen LogP contribution < -0.4 is 45.6 Å². The number of ether oxygens (including phenoxy) is 6. The molecule has 0 bridgehead atoms. The van der Waals surface area contributed by atoms with Crippen molar-refractivity contribution < 1.29 is 62.5 Å². The predicted octanol–water partition coefficient (Wildman–Crippen LogP) is 18.9. The largest absolute Gasteiger partial charge is 0.489 e. The molecule has 0 saturated heterocycles. The van der Waals surface area contributed by atoms with Gasteiger partial charge >= 0.3 is 17.9 Å². The van der Waals surface area contributed by atoms with E-state index in [0.29, 0.717) is 110 Å². The Labute approximate surface area is 723 Å². The number of carboxylic acids is 3. The van der Waals surface area contributed by atoms with Crippen molar-refractivity contribution in [3.05, 3.63) is 384 Å².